The summed E-state index contributed by atoms with van der Waals surface area (Å²) in [6.07, 6.45) is 0. The summed E-state index contributed by atoms with van der Waals surface area (Å²) in [5, 5.41) is 6.99. The first-order valence-corrected chi connectivity index (χ1v) is 7.98. The molecule has 0 radical (unpaired) electrons. The zero-order valence-electron chi connectivity index (χ0n) is 14.4. The summed E-state index contributed by atoms with van der Waals surface area (Å²) in [6, 6.07) is 16.1. The van der Waals surface area contributed by atoms with Crippen LogP contribution in [0.1, 0.15) is 37.7 Å². The van der Waals surface area contributed by atoms with Crippen LogP contribution in [0.15, 0.2) is 54.6 Å². The molecule has 1 amide bonds. The highest BCUT2D eigenvalue weighted by Gasteiger charge is 2.17. The van der Waals surface area contributed by atoms with E-state index in [0.717, 1.165) is 11.3 Å². The van der Waals surface area contributed by atoms with Gasteiger partial charge in [0.2, 0.25) is 0 Å². The first-order valence-electron chi connectivity index (χ1n) is 7.98. The van der Waals surface area contributed by atoms with Crippen LogP contribution in [0.4, 0.5) is 5.69 Å². The van der Waals surface area contributed by atoms with Crippen molar-refractivity contribution in [1.29, 1.82) is 0 Å². The Morgan fingerprint density at radius 2 is 1.72 bits per heavy atom. The number of hydrogen-bond acceptors (Lipinski definition) is 3. The van der Waals surface area contributed by atoms with Gasteiger partial charge in [0.25, 0.3) is 5.91 Å². The number of nitrogens with one attached hydrogen (secondary N) is 1. The SMILES string of the molecule is Cc1ccc(NC(=O)c2cc(C)n(C)n2)c(C(=O)c2ccccc2)c1. The first-order chi connectivity index (χ1) is 12.0. The number of ketones is 1. The second-order valence-electron chi connectivity index (χ2n) is 5.99. The van der Waals surface area contributed by atoms with E-state index in [1.807, 2.05) is 38.1 Å². The molecule has 3 aromatic rings. The monoisotopic (exact) mass is 333 g/mol. The maximum atomic E-state index is 12.8. The molecule has 1 heterocycles. The van der Waals surface area contributed by atoms with Crippen LogP contribution in [-0.2, 0) is 7.05 Å². The minimum absolute atomic E-state index is 0.128. The molecule has 1 aromatic heterocycles. The minimum Gasteiger partial charge on any atom is -0.320 e. The summed E-state index contributed by atoms with van der Waals surface area (Å²) in [5.74, 6) is -0.466. The number of nitrogens with zero attached hydrogens (tertiary/aromatic N) is 2. The highest BCUT2D eigenvalue weighted by Crippen LogP contribution is 2.22. The summed E-state index contributed by atoms with van der Waals surface area (Å²) in [7, 11) is 1.78. The molecule has 5 nitrogen and oxygen atoms in total. The number of rotatable bonds is 4. The number of anilines is 1. The number of benzene rings is 2. The standard InChI is InChI=1S/C20H19N3O2/c1-13-9-10-17(21-20(25)18-12-14(2)23(3)22-18)16(11-13)19(24)15-7-5-4-6-8-15/h4-12H,1-3H3,(H,21,25). The third kappa shape index (κ3) is 3.50. The van der Waals surface area contributed by atoms with Crippen molar-refractivity contribution in [3.8, 4) is 0 Å². The summed E-state index contributed by atoms with van der Waals surface area (Å²) >= 11 is 0. The maximum absolute atomic E-state index is 12.8. The molecule has 25 heavy (non-hydrogen) atoms. The molecule has 0 fully saturated rings. The average Bonchev–Trinajstić information content (AvgIpc) is 2.96. The van der Waals surface area contributed by atoms with Crippen molar-refractivity contribution in [2.24, 2.45) is 7.05 Å². The van der Waals surface area contributed by atoms with E-state index >= 15 is 0 Å². The predicted octanol–water partition coefficient (Wildman–Crippen LogP) is 3.52. The molecule has 0 unspecified atom stereocenters. The first kappa shape index (κ1) is 16.6. The van der Waals surface area contributed by atoms with Crippen LogP contribution in [0.3, 0.4) is 0 Å². The molecule has 2 aromatic carbocycles. The van der Waals surface area contributed by atoms with Gasteiger partial charge in [-0.2, -0.15) is 5.10 Å². The van der Waals surface area contributed by atoms with Crippen LogP contribution in [-0.4, -0.2) is 21.5 Å². The third-order valence-electron chi connectivity index (χ3n) is 4.05. The van der Waals surface area contributed by atoms with Gasteiger partial charge in [0.15, 0.2) is 11.5 Å². The highest BCUT2D eigenvalue weighted by atomic mass is 16.2. The number of aromatic nitrogens is 2. The maximum Gasteiger partial charge on any atom is 0.276 e. The quantitative estimate of drug-likeness (QED) is 0.743. The smallest absolute Gasteiger partial charge is 0.276 e. The van der Waals surface area contributed by atoms with Crippen LogP contribution >= 0.6 is 0 Å². The summed E-state index contributed by atoms with van der Waals surface area (Å²) < 4.78 is 1.64. The lowest BCUT2D eigenvalue weighted by Crippen LogP contribution is -2.16. The van der Waals surface area contributed by atoms with E-state index in [0.29, 0.717) is 22.5 Å². The van der Waals surface area contributed by atoms with Gasteiger partial charge in [0.1, 0.15) is 0 Å². The Morgan fingerprint density at radius 1 is 1.00 bits per heavy atom. The molecule has 0 aliphatic carbocycles. The van der Waals surface area contributed by atoms with Crippen molar-refractivity contribution < 1.29 is 9.59 Å². The summed E-state index contributed by atoms with van der Waals surface area (Å²) in [4.78, 5) is 25.3. The molecule has 5 heteroatoms. The second kappa shape index (κ2) is 6.73. The van der Waals surface area contributed by atoms with Crippen molar-refractivity contribution in [3.05, 3.63) is 82.7 Å². The largest absolute Gasteiger partial charge is 0.320 e. The molecule has 0 saturated carbocycles. The van der Waals surface area contributed by atoms with E-state index < -0.39 is 0 Å². The molecule has 0 spiro atoms. The van der Waals surface area contributed by atoms with E-state index in [2.05, 4.69) is 10.4 Å². The Bertz CT molecular complexity index is 923. The van der Waals surface area contributed by atoms with Gasteiger partial charge >= 0.3 is 0 Å². The van der Waals surface area contributed by atoms with E-state index in [9.17, 15) is 9.59 Å². The zero-order chi connectivity index (χ0) is 18.0. The van der Waals surface area contributed by atoms with Gasteiger partial charge in [-0.15, -0.1) is 0 Å². The van der Waals surface area contributed by atoms with Crippen LogP contribution in [0.25, 0.3) is 0 Å². The fourth-order valence-electron chi connectivity index (χ4n) is 2.56. The van der Waals surface area contributed by atoms with Gasteiger partial charge in [-0.3, -0.25) is 14.3 Å². The predicted molar refractivity (Wildman–Crippen MR) is 97.0 cm³/mol. The third-order valence-corrected chi connectivity index (χ3v) is 4.05. The van der Waals surface area contributed by atoms with Crippen LogP contribution in [0, 0.1) is 13.8 Å². The van der Waals surface area contributed by atoms with Crippen LogP contribution in [0.5, 0.6) is 0 Å². The Hall–Kier alpha value is -3.21. The molecule has 0 bridgehead atoms. The van der Waals surface area contributed by atoms with Crippen molar-refractivity contribution in [1.82, 2.24) is 9.78 Å². The lowest BCUT2D eigenvalue weighted by atomic mass is 9.99. The highest BCUT2D eigenvalue weighted by molar-refractivity contribution is 6.15. The van der Waals surface area contributed by atoms with E-state index in [-0.39, 0.29) is 11.7 Å². The fraction of sp³-hybridized carbons (Fsp3) is 0.150. The molecular weight excluding hydrogens is 314 g/mol. The van der Waals surface area contributed by atoms with E-state index in [1.54, 1.807) is 42.1 Å². The summed E-state index contributed by atoms with van der Waals surface area (Å²) in [5.41, 5.74) is 3.68. The van der Waals surface area contributed by atoms with Gasteiger partial charge in [-0.05, 0) is 32.0 Å². The topological polar surface area (TPSA) is 64.0 Å². The van der Waals surface area contributed by atoms with Crippen molar-refractivity contribution >= 4 is 17.4 Å². The lowest BCUT2D eigenvalue weighted by Gasteiger charge is -2.11. The fourth-order valence-corrected chi connectivity index (χ4v) is 2.56. The van der Waals surface area contributed by atoms with Crippen molar-refractivity contribution in [2.75, 3.05) is 5.32 Å². The van der Waals surface area contributed by atoms with Gasteiger partial charge in [-0.1, -0.05) is 42.0 Å². The minimum atomic E-state index is -0.338. The summed E-state index contributed by atoms with van der Waals surface area (Å²) in [6.45, 7) is 3.79. The molecule has 3 rings (SSSR count). The second-order valence-corrected chi connectivity index (χ2v) is 5.99. The van der Waals surface area contributed by atoms with Crippen LogP contribution < -0.4 is 5.32 Å². The van der Waals surface area contributed by atoms with Crippen LogP contribution in [0.2, 0.25) is 0 Å². The average molecular weight is 333 g/mol. The molecule has 126 valence electrons. The Balaban J connectivity index is 1.94. The van der Waals surface area contributed by atoms with Crippen molar-refractivity contribution in [2.45, 2.75) is 13.8 Å². The Kier molecular flexibility index (Phi) is 4.48. The van der Waals surface area contributed by atoms with E-state index in [1.165, 1.54) is 0 Å². The number of aryl methyl sites for hydroxylation is 3. The molecule has 0 aliphatic rings. The Labute approximate surface area is 146 Å². The number of hydrogen-bond donors (Lipinski definition) is 1. The molecule has 0 atom stereocenters. The Morgan fingerprint density at radius 3 is 2.36 bits per heavy atom. The van der Waals surface area contributed by atoms with Gasteiger partial charge in [-0.25, -0.2) is 0 Å². The molecular formula is C20H19N3O2. The molecule has 0 aliphatic heterocycles. The van der Waals surface area contributed by atoms with Gasteiger partial charge < -0.3 is 5.32 Å². The molecule has 1 N–H and O–H groups in total. The van der Waals surface area contributed by atoms with Gasteiger partial charge in [0, 0.05) is 23.9 Å². The zero-order valence-corrected chi connectivity index (χ0v) is 14.4. The number of amides is 1. The number of carbonyl (C=O) groups is 2. The lowest BCUT2D eigenvalue weighted by molar-refractivity contribution is 0.102. The van der Waals surface area contributed by atoms with E-state index in [4.69, 9.17) is 0 Å². The van der Waals surface area contributed by atoms with Crippen molar-refractivity contribution in [3.63, 3.8) is 0 Å². The molecule has 0 saturated heterocycles. The normalized spacial score (nSPS) is 10.5. The van der Waals surface area contributed by atoms with Gasteiger partial charge in [0.05, 0.1) is 5.69 Å². The number of carbonyl (C=O) groups excluding carboxylic acids is 2.